The number of benzene rings is 10. The molecular weight excluding hydrogens is 755 g/mol. The first-order valence-corrected chi connectivity index (χ1v) is 21.2. The van der Waals surface area contributed by atoms with E-state index in [0.29, 0.717) is 0 Å². The third-order valence-corrected chi connectivity index (χ3v) is 13.1. The molecule has 1 aliphatic rings. The van der Waals surface area contributed by atoms with Crippen LogP contribution in [0.4, 0.5) is 17.1 Å². The van der Waals surface area contributed by atoms with Gasteiger partial charge in [-0.2, -0.15) is 0 Å². The lowest BCUT2D eigenvalue weighted by Gasteiger charge is -2.35. The average Bonchev–Trinajstić information content (AvgIpc) is 3.99. The van der Waals surface area contributed by atoms with Gasteiger partial charge in [0, 0.05) is 44.5 Å². The molecule has 0 amide bonds. The molecule has 0 bridgehead atoms. The SMILES string of the molecule is c1ccc(C2(c3ccccc3)c3ccccc3-c3ccc(N(c4ccc5c(c4)oc4ccccc45)c4ccccc4-c4ccc5oc6cc7ccccc7cc6c5c4)cc32)cc1. The molecule has 3 nitrogen and oxygen atoms in total. The summed E-state index contributed by atoms with van der Waals surface area (Å²) < 4.78 is 13.0. The van der Waals surface area contributed by atoms with Gasteiger partial charge in [-0.1, -0.05) is 158 Å². The van der Waals surface area contributed by atoms with E-state index in [1.54, 1.807) is 0 Å². The van der Waals surface area contributed by atoms with Crippen LogP contribution in [0.3, 0.4) is 0 Å². The van der Waals surface area contributed by atoms with Crippen LogP contribution in [-0.2, 0) is 5.41 Å². The Bertz CT molecular complexity index is 3670. The van der Waals surface area contributed by atoms with Crippen LogP contribution >= 0.6 is 0 Å². The Hall–Kier alpha value is -8.14. The second-order valence-electron chi connectivity index (χ2n) is 16.4. The highest BCUT2D eigenvalue weighted by atomic mass is 16.3. The molecule has 3 heteroatoms. The predicted molar refractivity (Wildman–Crippen MR) is 256 cm³/mol. The van der Waals surface area contributed by atoms with Crippen LogP contribution in [0, 0.1) is 0 Å². The van der Waals surface area contributed by atoms with Gasteiger partial charge in [0.15, 0.2) is 0 Å². The molecule has 2 aromatic heterocycles. The molecule has 62 heavy (non-hydrogen) atoms. The summed E-state index contributed by atoms with van der Waals surface area (Å²) in [7, 11) is 0. The number of fused-ring (bicyclic) bond motifs is 10. The standard InChI is InChI=1S/C59H37NO2/c1-3-17-41(18-4-1)59(42-19-5-2-6-20-42)52-24-12-9-22-46(52)47-30-28-43(36-53(47)59)60(44-29-31-49-48-23-11-14-26-55(48)61-58(49)37-44)54-25-13-10-21-45(54)40-27-32-56-50(34-40)51-33-38-15-7-8-16-39(38)35-57(51)62-56/h1-37H. The predicted octanol–water partition coefficient (Wildman–Crippen LogP) is 16.1. The zero-order valence-corrected chi connectivity index (χ0v) is 33.6. The molecule has 0 radical (unpaired) electrons. The third-order valence-electron chi connectivity index (χ3n) is 13.1. The molecular formula is C59H37NO2. The molecule has 0 N–H and O–H groups in total. The van der Waals surface area contributed by atoms with Crippen LogP contribution in [0.5, 0.6) is 0 Å². The minimum Gasteiger partial charge on any atom is -0.456 e. The van der Waals surface area contributed by atoms with Crippen molar-refractivity contribution in [3.05, 3.63) is 247 Å². The van der Waals surface area contributed by atoms with Crippen molar-refractivity contribution in [3.8, 4) is 22.3 Å². The van der Waals surface area contributed by atoms with Gasteiger partial charge < -0.3 is 13.7 Å². The Balaban J connectivity index is 1.07. The summed E-state index contributed by atoms with van der Waals surface area (Å²) in [6, 6.07) is 81.2. The zero-order chi connectivity index (χ0) is 40.8. The first kappa shape index (κ1) is 34.7. The number of nitrogens with zero attached hydrogens (tertiary/aromatic N) is 1. The van der Waals surface area contributed by atoms with Crippen molar-refractivity contribution >= 4 is 71.7 Å². The molecule has 2 heterocycles. The van der Waals surface area contributed by atoms with Crippen LogP contribution in [-0.4, -0.2) is 0 Å². The summed E-state index contributed by atoms with van der Waals surface area (Å²) in [6.07, 6.45) is 0. The highest BCUT2D eigenvalue weighted by Crippen LogP contribution is 2.57. The molecule has 290 valence electrons. The largest absolute Gasteiger partial charge is 0.456 e. The smallest absolute Gasteiger partial charge is 0.137 e. The molecule has 0 saturated carbocycles. The molecule has 12 aromatic rings. The Morgan fingerprint density at radius 3 is 1.69 bits per heavy atom. The van der Waals surface area contributed by atoms with E-state index in [1.165, 1.54) is 44.2 Å². The minimum absolute atomic E-state index is 0.546. The van der Waals surface area contributed by atoms with E-state index in [1.807, 2.05) is 12.1 Å². The topological polar surface area (TPSA) is 29.5 Å². The van der Waals surface area contributed by atoms with E-state index in [4.69, 9.17) is 8.83 Å². The van der Waals surface area contributed by atoms with Gasteiger partial charge in [-0.25, -0.2) is 0 Å². The van der Waals surface area contributed by atoms with Gasteiger partial charge in [0.2, 0.25) is 0 Å². The number of anilines is 3. The lowest BCUT2D eigenvalue weighted by molar-refractivity contribution is 0.669. The average molecular weight is 792 g/mol. The quantitative estimate of drug-likeness (QED) is 0.168. The Labute approximate surface area is 358 Å². The van der Waals surface area contributed by atoms with E-state index >= 15 is 0 Å². The maximum absolute atomic E-state index is 6.57. The molecule has 0 unspecified atom stereocenters. The van der Waals surface area contributed by atoms with Crippen molar-refractivity contribution in [1.29, 1.82) is 0 Å². The van der Waals surface area contributed by atoms with Crippen LogP contribution in [0.1, 0.15) is 22.3 Å². The number of hydrogen-bond donors (Lipinski definition) is 0. The highest BCUT2D eigenvalue weighted by molar-refractivity contribution is 6.11. The molecule has 0 atom stereocenters. The van der Waals surface area contributed by atoms with E-state index in [-0.39, 0.29) is 0 Å². The number of para-hydroxylation sites is 2. The summed E-state index contributed by atoms with van der Waals surface area (Å²) in [4.78, 5) is 2.41. The summed E-state index contributed by atoms with van der Waals surface area (Å²) in [6.45, 7) is 0. The van der Waals surface area contributed by atoms with E-state index in [0.717, 1.165) is 72.1 Å². The number of hydrogen-bond acceptors (Lipinski definition) is 3. The van der Waals surface area contributed by atoms with Crippen molar-refractivity contribution in [2.45, 2.75) is 5.41 Å². The van der Waals surface area contributed by atoms with Crippen molar-refractivity contribution in [2.24, 2.45) is 0 Å². The first-order chi connectivity index (χ1) is 30.7. The lowest BCUT2D eigenvalue weighted by Crippen LogP contribution is -2.28. The van der Waals surface area contributed by atoms with Gasteiger partial charge in [0.05, 0.1) is 11.1 Å². The van der Waals surface area contributed by atoms with Gasteiger partial charge in [0.1, 0.15) is 22.3 Å². The second-order valence-corrected chi connectivity index (χ2v) is 16.4. The second kappa shape index (κ2) is 13.4. The Kier molecular flexibility index (Phi) is 7.52. The molecule has 10 aromatic carbocycles. The van der Waals surface area contributed by atoms with Gasteiger partial charge in [-0.3, -0.25) is 0 Å². The van der Waals surface area contributed by atoms with Gasteiger partial charge >= 0.3 is 0 Å². The van der Waals surface area contributed by atoms with Crippen molar-refractivity contribution in [2.75, 3.05) is 4.90 Å². The fraction of sp³-hybridized carbons (Fsp3) is 0.0169. The van der Waals surface area contributed by atoms with Gasteiger partial charge in [0.25, 0.3) is 0 Å². The minimum atomic E-state index is -0.546. The molecule has 0 spiro atoms. The first-order valence-electron chi connectivity index (χ1n) is 21.2. The monoisotopic (exact) mass is 791 g/mol. The summed E-state index contributed by atoms with van der Waals surface area (Å²) in [5.41, 5.74) is 15.8. The summed E-state index contributed by atoms with van der Waals surface area (Å²) >= 11 is 0. The van der Waals surface area contributed by atoms with Crippen LogP contribution < -0.4 is 4.90 Å². The van der Waals surface area contributed by atoms with Crippen molar-refractivity contribution in [1.82, 2.24) is 0 Å². The third kappa shape index (κ3) is 5.06. The van der Waals surface area contributed by atoms with Crippen molar-refractivity contribution < 1.29 is 8.83 Å². The van der Waals surface area contributed by atoms with Crippen LogP contribution in [0.2, 0.25) is 0 Å². The molecule has 0 fully saturated rings. The highest BCUT2D eigenvalue weighted by Gasteiger charge is 2.46. The number of rotatable bonds is 6. The van der Waals surface area contributed by atoms with E-state index < -0.39 is 5.41 Å². The van der Waals surface area contributed by atoms with E-state index in [2.05, 4.69) is 217 Å². The fourth-order valence-corrected chi connectivity index (χ4v) is 10.4. The maximum atomic E-state index is 6.57. The van der Waals surface area contributed by atoms with Gasteiger partial charge in [-0.05, 0) is 110 Å². The molecule has 0 saturated heterocycles. The van der Waals surface area contributed by atoms with E-state index in [9.17, 15) is 0 Å². The normalized spacial score (nSPS) is 13.0. The molecule has 13 rings (SSSR count). The number of furan rings is 2. The molecule has 0 aliphatic heterocycles. The Morgan fingerprint density at radius 2 is 0.887 bits per heavy atom. The molecule has 1 aliphatic carbocycles. The summed E-state index contributed by atoms with van der Waals surface area (Å²) in [5, 5.41) is 6.78. The lowest BCUT2D eigenvalue weighted by atomic mass is 9.67. The fourth-order valence-electron chi connectivity index (χ4n) is 10.4. The maximum Gasteiger partial charge on any atom is 0.137 e. The Morgan fingerprint density at radius 1 is 0.323 bits per heavy atom. The van der Waals surface area contributed by atoms with Crippen LogP contribution in [0.25, 0.3) is 76.9 Å². The van der Waals surface area contributed by atoms with Crippen LogP contribution in [0.15, 0.2) is 233 Å². The zero-order valence-electron chi connectivity index (χ0n) is 33.6. The summed E-state index contributed by atoms with van der Waals surface area (Å²) in [5.74, 6) is 0. The van der Waals surface area contributed by atoms with Gasteiger partial charge in [-0.15, -0.1) is 0 Å². The van der Waals surface area contributed by atoms with Crippen molar-refractivity contribution in [3.63, 3.8) is 0 Å².